The van der Waals surface area contributed by atoms with E-state index in [1.807, 2.05) is 0 Å². The SMILES string of the molecule is Cc1ccc(C)c(S(=O)(=O)Nc2nnn(C)n2)c1N. The van der Waals surface area contributed by atoms with Crippen LogP contribution in [-0.2, 0) is 17.1 Å². The molecule has 0 atom stereocenters. The van der Waals surface area contributed by atoms with E-state index >= 15 is 0 Å². The maximum atomic E-state index is 12.3. The maximum absolute atomic E-state index is 12.3. The molecule has 0 unspecified atom stereocenters. The average molecular weight is 282 g/mol. The summed E-state index contributed by atoms with van der Waals surface area (Å²) in [6.45, 7) is 3.42. The summed E-state index contributed by atoms with van der Waals surface area (Å²) in [6, 6.07) is 3.47. The van der Waals surface area contributed by atoms with Crippen molar-refractivity contribution in [2.45, 2.75) is 18.7 Å². The lowest BCUT2D eigenvalue weighted by Crippen LogP contribution is -2.17. The minimum Gasteiger partial charge on any atom is -0.397 e. The van der Waals surface area contributed by atoms with Crippen LogP contribution in [0.15, 0.2) is 17.0 Å². The van der Waals surface area contributed by atoms with Gasteiger partial charge in [0.15, 0.2) is 0 Å². The lowest BCUT2D eigenvalue weighted by molar-refractivity contribution is 0.600. The zero-order chi connectivity index (χ0) is 14.2. The molecule has 1 heterocycles. The molecule has 3 N–H and O–H groups in total. The van der Waals surface area contributed by atoms with Crippen LogP contribution in [0.4, 0.5) is 11.6 Å². The highest BCUT2D eigenvalue weighted by Gasteiger charge is 2.23. The normalized spacial score (nSPS) is 11.5. The van der Waals surface area contributed by atoms with E-state index in [1.54, 1.807) is 26.0 Å². The molecule has 19 heavy (non-hydrogen) atoms. The van der Waals surface area contributed by atoms with E-state index in [-0.39, 0.29) is 16.5 Å². The van der Waals surface area contributed by atoms with Gasteiger partial charge in [-0.1, -0.05) is 17.2 Å². The highest BCUT2D eigenvalue weighted by Crippen LogP contribution is 2.26. The second kappa shape index (κ2) is 4.50. The molecule has 0 fully saturated rings. The summed E-state index contributed by atoms with van der Waals surface area (Å²) in [5.41, 5.74) is 7.31. The van der Waals surface area contributed by atoms with Crippen molar-refractivity contribution in [3.63, 3.8) is 0 Å². The number of nitrogens with zero attached hydrogens (tertiary/aromatic N) is 4. The van der Waals surface area contributed by atoms with Gasteiger partial charge in [-0.15, -0.1) is 5.10 Å². The van der Waals surface area contributed by atoms with Gasteiger partial charge >= 0.3 is 0 Å². The quantitative estimate of drug-likeness (QED) is 0.777. The third-order valence-electron chi connectivity index (χ3n) is 2.61. The van der Waals surface area contributed by atoms with E-state index in [2.05, 4.69) is 20.1 Å². The summed E-state index contributed by atoms with van der Waals surface area (Å²) in [5, 5.41) is 10.9. The third kappa shape index (κ3) is 2.50. The Morgan fingerprint density at radius 3 is 2.47 bits per heavy atom. The summed E-state index contributed by atoms with van der Waals surface area (Å²) < 4.78 is 26.8. The zero-order valence-corrected chi connectivity index (χ0v) is 11.6. The van der Waals surface area contributed by atoms with Crippen LogP contribution < -0.4 is 10.5 Å². The van der Waals surface area contributed by atoms with Crippen molar-refractivity contribution >= 4 is 21.7 Å². The smallest absolute Gasteiger partial charge is 0.277 e. The summed E-state index contributed by atoms with van der Waals surface area (Å²) in [6.07, 6.45) is 0. The number of sulfonamides is 1. The highest BCUT2D eigenvalue weighted by atomic mass is 32.2. The van der Waals surface area contributed by atoms with Crippen molar-refractivity contribution < 1.29 is 8.42 Å². The number of hydrogen-bond donors (Lipinski definition) is 2. The molecule has 0 spiro atoms. The Morgan fingerprint density at radius 2 is 1.89 bits per heavy atom. The number of nitrogens with two attached hydrogens (primary N) is 1. The summed E-state index contributed by atoms with van der Waals surface area (Å²) in [7, 11) is -2.30. The predicted molar refractivity (Wildman–Crippen MR) is 69.9 cm³/mol. The molecule has 0 saturated heterocycles. The van der Waals surface area contributed by atoms with Crippen LogP contribution in [-0.4, -0.2) is 28.6 Å². The second-order valence-corrected chi connectivity index (χ2v) is 5.77. The fourth-order valence-corrected chi connectivity index (χ4v) is 3.03. The second-order valence-electron chi connectivity index (χ2n) is 4.15. The van der Waals surface area contributed by atoms with E-state index < -0.39 is 10.0 Å². The molecule has 0 saturated carbocycles. The molecule has 0 aliphatic rings. The van der Waals surface area contributed by atoms with Gasteiger partial charge in [-0.2, -0.15) is 4.80 Å². The molecule has 0 aliphatic carbocycles. The Morgan fingerprint density at radius 1 is 1.26 bits per heavy atom. The van der Waals surface area contributed by atoms with Crippen LogP contribution in [0.5, 0.6) is 0 Å². The predicted octanol–water partition coefficient (Wildman–Crippen LogP) is 0.210. The molecule has 9 heteroatoms. The number of aromatic nitrogens is 4. The molecule has 2 rings (SSSR count). The van der Waals surface area contributed by atoms with Crippen LogP contribution in [0.3, 0.4) is 0 Å². The van der Waals surface area contributed by atoms with Crippen LogP contribution >= 0.6 is 0 Å². The zero-order valence-electron chi connectivity index (χ0n) is 10.7. The molecule has 0 bridgehead atoms. The van der Waals surface area contributed by atoms with Gasteiger partial charge in [0.05, 0.1) is 12.7 Å². The standard InChI is InChI=1S/C10H14N6O2S/c1-6-4-5-7(2)9(8(6)11)19(17,18)14-10-12-15-16(3)13-10/h4-5H,11H2,1-3H3,(H,13,14). The number of aryl methyl sites for hydroxylation is 3. The Balaban J connectivity index is 2.48. The van der Waals surface area contributed by atoms with Crippen molar-refractivity contribution in [3.05, 3.63) is 23.3 Å². The molecular weight excluding hydrogens is 268 g/mol. The maximum Gasteiger partial charge on any atom is 0.277 e. The van der Waals surface area contributed by atoms with Crippen LogP contribution in [0.2, 0.25) is 0 Å². The number of rotatable bonds is 3. The Kier molecular flexibility index (Phi) is 3.14. The minimum atomic E-state index is -3.84. The van der Waals surface area contributed by atoms with Crippen LogP contribution in [0, 0.1) is 13.8 Å². The van der Waals surface area contributed by atoms with E-state index in [1.165, 1.54) is 7.05 Å². The fourth-order valence-electron chi connectivity index (χ4n) is 1.66. The van der Waals surface area contributed by atoms with Gasteiger partial charge in [0, 0.05) is 0 Å². The monoisotopic (exact) mass is 282 g/mol. The topological polar surface area (TPSA) is 116 Å². The van der Waals surface area contributed by atoms with Crippen molar-refractivity contribution in [1.82, 2.24) is 20.2 Å². The van der Waals surface area contributed by atoms with Gasteiger partial charge in [-0.05, 0) is 30.2 Å². The van der Waals surface area contributed by atoms with E-state index in [0.717, 1.165) is 4.80 Å². The highest BCUT2D eigenvalue weighted by molar-refractivity contribution is 7.93. The largest absolute Gasteiger partial charge is 0.397 e. The number of tetrazole rings is 1. The van der Waals surface area contributed by atoms with Gasteiger partial charge in [0.25, 0.3) is 16.0 Å². The van der Waals surface area contributed by atoms with Crippen LogP contribution in [0.25, 0.3) is 0 Å². The Labute approximate surface area is 110 Å². The molecule has 102 valence electrons. The van der Waals surface area contributed by atoms with E-state index in [9.17, 15) is 8.42 Å². The van der Waals surface area contributed by atoms with Crippen molar-refractivity contribution in [3.8, 4) is 0 Å². The summed E-state index contributed by atoms with van der Waals surface area (Å²) in [4.78, 5) is 1.20. The first-order chi connectivity index (χ1) is 8.81. The third-order valence-corrected chi connectivity index (χ3v) is 4.14. The van der Waals surface area contributed by atoms with Crippen LogP contribution in [0.1, 0.15) is 11.1 Å². The van der Waals surface area contributed by atoms with Crippen molar-refractivity contribution in [2.24, 2.45) is 7.05 Å². The Bertz CT molecular complexity index is 722. The lowest BCUT2D eigenvalue weighted by Gasteiger charge is -2.12. The summed E-state index contributed by atoms with van der Waals surface area (Å²) in [5.74, 6) is -0.0946. The number of hydrogen-bond acceptors (Lipinski definition) is 6. The molecular formula is C10H14N6O2S. The van der Waals surface area contributed by atoms with Gasteiger partial charge in [0.1, 0.15) is 4.90 Å². The van der Waals surface area contributed by atoms with Gasteiger partial charge in [0.2, 0.25) is 0 Å². The number of anilines is 2. The average Bonchev–Trinajstić information content (AvgIpc) is 2.68. The first-order valence-corrected chi connectivity index (χ1v) is 6.92. The minimum absolute atomic E-state index is 0.0416. The van der Waals surface area contributed by atoms with E-state index in [4.69, 9.17) is 5.73 Å². The van der Waals surface area contributed by atoms with Gasteiger partial charge in [-0.3, -0.25) is 0 Å². The van der Waals surface area contributed by atoms with Crippen molar-refractivity contribution in [2.75, 3.05) is 10.5 Å². The molecule has 1 aromatic heterocycles. The summed E-state index contributed by atoms with van der Waals surface area (Å²) >= 11 is 0. The van der Waals surface area contributed by atoms with E-state index in [0.29, 0.717) is 11.1 Å². The molecule has 0 radical (unpaired) electrons. The molecule has 2 aromatic rings. The molecule has 1 aromatic carbocycles. The lowest BCUT2D eigenvalue weighted by atomic mass is 10.1. The molecule has 0 amide bonds. The molecule has 8 nitrogen and oxygen atoms in total. The fraction of sp³-hybridized carbons (Fsp3) is 0.300. The first kappa shape index (κ1) is 13.3. The van der Waals surface area contributed by atoms with Crippen molar-refractivity contribution in [1.29, 1.82) is 0 Å². The number of nitrogens with one attached hydrogen (secondary N) is 1. The number of benzene rings is 1. The Hall–Kier alpha value is -2.16. The number of nitrogen functional groups attached to an aromatic ring is 1. The first-order valence-electron chi connectivity index (χ1n) is 5.44. The van der Waals surface area contributed by atoms with Gasteiger partial charge < -0.3 is 5.73 Å². The van der Waals surface area contributed by atoms with Gasteiger partial charge in [-0.25, -0.2) is 13.1 Å². The molecule has 0 aliphatic heterocycles.